The summed E-state index contributed by atoms with van der Waals surface area (Å²) in [5.41, 5.74) is 3.87. The first-order valence-electron chi connectivity index (χ1n) is 12.2. The Morgan fingerprint density at radius 2 is 1.72 bits per heavy atom. The van der Waals surface area contributed by atoms with E-state index in [0.29, 0.717) is 6.42 Å². The van der Waals surface area contributed by atoms with E-state index in [4.69, 9.17) is 9.47 Å². The summed E-state index contributed by atoms with van der Waals surface area (Å²) in [6, 6.07) is 12.7. The molecule has 0 amide bonds. The number of ether oxygens (including phenoxy) is 2. The summed E-state index contributed by atoms with van der Waals surface area (Å²) in [5, 5.41) is 2.29. The molecule has 5 rings (SSSR count). The predicted octanol–water partition coefficient (Wildman–Crippen LogP) is 6.97. The van der Waals surface area contributed by atoms with Crippen LogP contribution in [0.15, 0.2) is 36.4 Å². The largest absolute Gasteiger partial charge is 0.347 e. The fourth-order valence-corrected chi connectivity index (χ4v) is 5.92. The molecule has 1 saturated carbocycles. The van der Waals surface area contributed by atoms with Crippen LogP contribution in [0.4, 0.5) is 0 Å². The number of hydrogen-bond donors (Lipinski definition) is 0. The van der Waals surface area contributed by atoms with Crippen molar-refractivity contribution in [3.8, 4) is 0 Å². The van der Waals surface area contributed by atoms with Crippen LogP contribution in [-0.4, -0.2) is 23.1 Å². The molecule has 2 aliphatic rings. The fraction of sp³-hybridized carbons (Fsp3) is 0.536. The summed E-state index contributed by atoms with van der Waals surface area (Å²) in [6.45, 7) is 7.16. The van der Waals surface area contributed by atoms with Crippen LogP contribution in [-0.2, 0) is 21.8 Å². The first-order valence-corrected chi connectivity index (χ1v) is 12.2. The second-order valence-electron chi connectivity index (χ2n) is 10.1. The van der Waals surface area contributed by atoms with Crippen LogP contribution in [0, 0.1) is 5.92 Å². The molecule has 170 valence electrons. The van der Waals surface area contributed by atoms with Crippen LogP contribution in [0.2, 0.25) is 0 Å². The van der Waals surface area contributed by atoms with Crippen molar-refractivity contribution in [3.05, 3.63) is 47.5 Å². The highest BCUT2D eigenvalue weighted by molar-refractivity contribution is 6.11. The summed E-state index contributed by atoms with van der Waals surface area (Å²) < 4.78 is 14.1. The molecular formula is C28H35NO3. The van der Waals surface area contributed by atoms with Gasteiger partial charge in [-0.25, -0.2) is 0 Å². The highest BCUT2D eigenvalue weighted by Crippen LogP contribution is 2.56. The second-order valence-corrected chi connectivity index (χ2v) is 10.1. The highest BCUT2D eigenvalue weighted by Gasteiger charge is 2.66. The molecule has 1 aliphatic carbocycles. The van der Waals surface area contributed by atoms with Crippen LogP contribution in [0.25, 0.3) is 21.8 Å². The highest BCUT2D eigenvalue weighted by atomic mass is 16.8. The summed E-state index contributed by atoms with van der Waals surface area (Å²) in [6.07, 6.45) is 8.28. The minimum Gasteiger partial charge on any atom is -0.347 e. The van der Waals surface area contributed by atoms with Crippen LogP contribution in [0.5, 0.6) is 0 Å². The Kier molecular flexibility index (Phi) is 5.42. The smallest absolute Gasteiger partial charge is 0.225 e. The molecule has 3 aromatic rings. The van der Waals surface area contributed by atoms with Crippen molar-refractivity contribution in [2.24, 2.45) is 5.92 Å². The quantitative estimate of drug-likeness (QED) is 0.299. The van der Waals surface area contributed by atoms with Crippen LogP contribution < -0.4 is 0 Å². The van der Waals surface area contributed by atoms with Gasteiger partial charge in [0, 0.05) is 53.0 Å². The van der Waals surface area contributed by atoms with E-state index in [-0.39, 0.29) is 11.4 Å². The van der Waals surface area contributed by atoms with Gasteiger partial charge in [-0.05, 0) is 63.4 Å². The number of methoxy groups -OCH3 is 1. The van der Waals surface area contributed by atoms with E-state index >= 15 is 0 Å². The van der Waals surface area contributed by atoms with Crippen molar-refractivity contribution in [1.29, 1.82) is 0 Å². The normalized spacial score (nSPS) is 23.1. The van der Waals surface area contributed by atoms with Crippen LogP contribution in [0.1, 0.15) is 81.6 Å². The maximum absolute atomic E-state index is 13.1. The Labute approximate surface area is 190 Å². The molecule has 1 saturated heterocycles. The zero-order chi connectivity index (χ0) is 22.5. The van der Waals surface area contributed by atoms with Crippen molar-refractivity contribution in [3.63, 3.8) is 0 Å². The lowest BCUT2D eigenvalue weighted by molar-refractivity contribution is -0.0146. The fourth-order valence-electron chi connectivity index (χ4n) is 5.92. The minimum atomic E-state index is -0.699. The van der Waals surface area contributed by atoms with Gasteiger partial charge in [-0.1, -0.05) is 38.2 Å². The van der Waals surface area contributed by atoms with Gasteiger partial charge in [0.15, 0.2) is 5.78 Å². The molecule has 1 atom stereocenters. The first kappa shape index (κ1) is 21.7. The maximum atomic E-state index is 13.1. The second kappa shape index (κ2) is 8.00. The zero-order valence-corrected chi connectivity index (χ0v) is 19.9. The Hall–Kier alpha value is -2.17. The van der Waals surface area contributed by atoms with E-state index in [1.165, 1.54) is 43.1 Å². The standard InChI is InChI=1S/C28H35NO3/c1-5-29-24-14-12-20(26(30)16-11-19-9-7-6-8-10-19)17-22(24)23-18-21(13-15-25(23)29)28(31-4)27(2,3)32-28/h12-15,17-19H,5-11,16H2,1-4H3. The molecule has 2 heterocycles. The van der Waals surface area contributed by atoms with Crippen LogP contribution in [0.3, 0.4) is 0 Å². The molecule has 1 aliphatic heterocycles. The van der Waals surface area contributed by atoms with E-state index in [1.807, 2.05) is 6.07 Å². The number of aryl methyl sites for hydroxylation is 1. The molecule has 4 heteroatoms. The Bertz CT molecular complexity index is 1170. The van der Waals surface area contributed by atoms with Crippen molar-refractivity contribution in [2.75, 3.05) is 7.11 Å². The van der Waals surface area contributed by atoms with Gasteiger partial charge in [0.1, 0.15) is 5.60 Å². The molecule has 0 spiro atoms. The number of hydrogen-bond acceptors (Lipinski definition) is 3. The third-order valence-corrected chi connectivity index (χ3v) is 7.82. The lowest BCUT2D eigenvalue weighted by Crippen LogP contribution is -2.20. The molecule has 0 N–H and O–H groups in total. The average molecular weight is 434 g/mol. The SMILES string of the molecule is CCn1c2ccc(C(=O)CCC3CCCCC3)cc2c2cc(C3(OC)OC3(C)C)ccc21. The lowest BCUT2D eigenvalue weighted by atomic mass is 9.85. The number of benzene rings is 2. The summed E-state index contributed by atoms with van der Waals surface area (Å²) in [5.74, 6) is 0.300. The van der Waals surface area contributed by atoms with Gasteiger partial charge < -0.3 is 14.0 Å². The minimum absolute atomic E-state index is 0.269. The number of epoxide rings is 1. The third kappa shape index (κ3) is 3.39. The lowest BCUT2D eigenvalue weighted by Gasteiger charge is -2.20. The van der Waals surface area contributed by atoms with E-state index in [1.54, 1.807) is 7.11 Å². The average Bonchev–Trinajstić information content (AvgIpc) is 3.26. The first-order chi connectivity index (χ1) is 15.4. The van der Waals surface area contributed by atoms with Gasteiger partial charge in [-0.3, -0.25) is 4.79 Å². The number of carbonyl (C=O) groups is 1. The number of carbonyl (C=O) groups excluding carboxylic acids is 1. The molecule has 0 radical (unpaired) electrons. The van der Waals surface area contributed by atoms with Crippen molar-refractivity contribution < 1.29 is 14.3 Å². The van der Waals surface area contributed by atoms with Crippen LogP contribution >= 0.6 is 0 Å². The molecule has 0 bridgehead atoms. The van der Waals surface area contributed by atoms with Crippen molar-refractivity contribution >= 4 is 27.6 Å². The molecule has 32 heavy (non-hydrogen) atoms. The number of ketones is 1. The third-order valence-electron chi connectivity index (χ3n) is 7.82. The van der Waals surface area contributed by atoms with E-state index < -0.39 is 5.79 Å². The Morgan fingerprint density at radius 1 is 1.06 bits per heavy atom. The van der Waals surface area contributed by atoms with Gasteiger partial charge >= 0.3 is 0 Å². The Morgan fingerprint density at radius 3 is 2.34 bits per heavy atom. The number of rotatable bonds is 7. The van der Waals surface area contributed by atoms with Gasteiger partial charge in [0.05, 0.1) is 0 Å². The monoisotopic (exact) mass is 433 g/mol. The zero-order valence-electron chi connectivity index (χ0n) is 19.9. The van der Waals surface area contributed by atoms with Gasteiger partial charge in [0.25, 0.3) is 0 Å². The van der Waals surface area contributed by atoms with Gasteiger partial charge in [-0.2, -0.15) is 0 Å². The number of Topliss-reactive ketones (excluding diaryl/α,β-unsaturated/α-hetero) is 1. The van der Waals surface area contributed by atoms with E-state index in [0.717, 1.165) is 40.8 Å². The van der Waals surface area contributed by atoms with E-state index in [2.05, 4.69) is 55.7 Å². The van der Waals surface area contributed by atoms with Gasteiger partial charge in [0.2, 0.25) is 5.79 Å². The molecule has 2 fully saturated rings. The summed E-state index contributed by atoms with van der Waals surface area (Å²) in [7, 11) is 1.71. The molecule has 4 nitrogen and oxygen atoms in total. The number of nitrogens with zero attached hydrogens (tertiary/aromatic N) is 1. The van der Waals surface area contributed by atoms with Crippen molar-refractivity contribution in [1.82, 2.24) is 4.57 Å². The predicted molar refractivity (Wildman–Crippen MR) is 129 cm³/mol. The molecule has 2 aromatic carbocycles. The van der Waals surface area contributed by atoms with Gasteiger partial charge in [-0.15, -0.1) is 0 Å². The summed E-state index contributed by atoms with van der Waals surface area (Å²) >= 11 is 0. The molecule has 1 unspecified atom stereocenters. The molecule has 1 aromatic heterocycles. The number of aromatic nitrogens is 1. The number of fused-ring (bicyclic) bond motifs is 3. The molecular weight excluding hydrogens is 398 g/mol. The Balaban J connectivity index is 1.51. The van der Waals surface area contributed by atoms with E-state index in [9.17, 15) is 4.79 Å². The topological polar surface area (TPSA) is 43.8 Å². The van der Waals surface area contributed by atoms with Crippen molar-refractivity contribution in [2.45, 2.75) is 83.6 Å². The summed E-state index contributed by atoms with van der Waals surface area (Å²) in [4.78, 5) is 13.1. The maximum Gasteiger partial charge on any atom is 0.225 e.